The van der Waals surface area contributed by atoms with E-state index >= 15 is 0 Å². The number of nitrogens with zero attached hydrogens (tertiary/aromatic N) is 1. The van der Waals surface area contributed by atoms with Gasteiger partial charge in [0.2, 0.25) is 15.9 Å². The van der Waals surface area contributed by atoms with Gasteiger partial charge in [0.25, 0.3) is 0 Å². The van der Waals surface area contributed by atoms with E-state index in [0.717, 1.165) is 10.6 Å². The number of carbonyl (C=O) groups excluding carboxylic acids is 2. The molecule has 0 aromatic heterocycles. The van der Waals surface area contributed by atoms with Crippen molar-refractivity contribution in [2.75, 3.05) is 29.0 Å². The van der Waals surface area contributed by atoms with Crippen molar-refractivity contribution in [3.05, 3.63) is 57.6 Å². The second kappa shape index (κ2) is 9.47. The van der Waals surface area contributed by atoms with Crippen LogP contribution in [0.2, 0.25) is 10.0 Å². The predicted octanol–water partition coefficient (Wildman–Crippen LogP) is 3.88. The van der Waals surface area contributed by atoms with E-state index in [-0.39, 0.29) is 22.9 Å². The number of sulfonamides is 1. The number of benzene rings is 2. The van der Waals surface area contributed by atoms with E-state index in [1.165, 1.54) is 24.3 Å². The van der Waals surface area contributed by atoms with E-state index in [9.17, 15) is 18.0 Å². The van der Waals surface area contributed by atoms with E-state index in [0.29, 0.717) is 16.3 Å². The molecule has 2 rings (SSSR count). The summed E-state index contributed by atoms with van der Waals surface area (Å²) in [4.78, 5) is 24.5. The molecule has 2 aromatic carbocycles. The van der Waals surface area contributed by atoms with E-state index < -0.39 is 28.4 Å². The van der Waals surface area contributed by atoms with Gasteiger partial charge in [-0.1, -0.05) is 23.2 Å². The first-order chi connectivity index (χ1) is 13.5. The van der Waals surface area contributed by atoms with Crippen LogP contribution in [0.1, 0.15) is 22.8 Å². The molecule has 0 aliphatic rings. The molecule has 0 saturated carbocycles. The maximum Gasteiger partial charge on any atom is 0.339 e. The van der Waals surface area contributed by atoms with Crippen LogP contribution >= 0.6 is 23.2 Å². The lowest BCUT2D eigenvalue weighted by molar-refractivity contribution is -0.114. The monoisotopic (exact) mass is 458 g/mol. The normalized spacial score (nSPS) is 11.1. The van der Waals surface area contributed by atoms with Gasteiger partial charge in [0.15, 0.2) is 0 Å². The number of rotatable bonds is 7. The average molecular weight is 459 g/mol. The molecule has 0 unspecified atom stereocenters. The van der Waals surface area contributed by atoms with Gasteiger partial charge in [-0.15, -0.1) is 0 Å². The highest BCUT2D eigenvalue weighted by Crippen LogP contribution is 2.26. The van der Waals surface area contributed by atoms with Gasteiger partial charge in [-0.05, 0) is 55.8 Å². The maximum absolute atomic E-state index is 12.5. The fourth-order valence-corrected chi connectivity index (χ4v) is 3.91. The molecule has 10 heteroatoms. The van der Waals surface area contributed by atoms with Crippen LogP contribution < -0.4 is 9.62 Å². The minimum Gasteiger partial charge on any atom is -0.462 e. The zero-order chi connectivity index (χ0) is 21.8. The largest absolute Gasteiger partial charge is 0.462 e. The molecular formula is C19H20Cl2N2O5S. The molecule has 0 heterocycles. The highest BCUT2D eigenvalue weighted by Gasteiger charge is 2.23. The maximum atomic E-state index is 12.5. The first-order valence-electron chi connectivity index (χ1n) is 8.53. The number of halogens is 2. The minimum absolute atomic E-state index is 0.0971. The fraction of sp³-hybridized carbons (Fsp3) is 0.263. The van der Waals surface area contributed by atoms with E-state index in [2.05, 4.69) is 5.32 Å². The smallest absolute Gasteiger partial charge is 0.339 e. The molecule has 29 heavy (non-hydrogen) atoms. The molecular weight excluding hydrogens is 439 g/mol. The van der Waals surface area contributed by atoms with Crippen molar-refractivity contribution < 1.29 is 22.7 Å². The van der Waals surface area contributed by atoms with Crippen LogP contribution in [0.15, 0.2) is 36.4 Å². The van der Waals surface area contributed by atoms with Gasteiger partial charge in [-0.25, -0.2) is 13.2 Å². The highest BCUT2D eigenvalue weighted by atomic mass is 35.5. The van der Waals surface area contributed by atoms with Gasteiger partial charge in [-0.2, -0.15) is 0 Å². The van der Waals surface area contributed by atoms with Crippen molar-refractivity contribution in [2.45, 2.75) is 13.8 Å². The third-order valence-corrected chi connectivity index (χ3v) is 5.55. The van der Waals surface area contributed by atoms with Crippen molar-refractivity contribution in [3.8, 4) is 0 Å². The standard InChI is InChI=1S/C19H20Cl2N2O5S/c1-4-28-19(25)15-10-14(6-7-16(15)21)22-18(24)11-23(29(3,26)27)17-8-5-13(20)9-12(17)2/h5-10H,4,11H2,1-3H3,(H,22,24). The number of anilines is 2. The number of hydrogen-bond donors (Lipinski definition) is 1. The van der Waals surface area contributed by atoms with E-state index in [1.807, 2.05) is 0 Å². The summed E-state index contributed by atoms with van der Waals surface area (Å²) in [5.41, 5.74) is 1.32. The molecule has 0 saturated heterocycles. The topological polar surface area (TPSA) is 92.8 Å². The quantitative estimate of drug-likeness (QED) is 0.635. The lowest BCUT2D eigenvalue weighted by Gasteiger charge is -2.23. The van der Waals surface area contributed by atoms with Crippen LogP contribution in [0.5, 0.6) is 0 Å². The number of hydrogen-bond acceptors (Lipinski definition) is 5. The van der Waals surface area contributed by atoms with Gasteiger partial charge >= 0.3 is 5.97 Å². The average Bonchev–Trinajstić information content (AvgIpc) is 2.61. The third-order valence-electron chi connectivity index (χ3n) is 3.86. The molecule has 1 amide bonds. The molecule has 0 atom stereocenters. The van der Waals surface area contributed by atoms with Crippen molar-refractivity contribution in [1.29, 1.82) is 0 Å². The van der Waals surface area contributed by atoms with Crippen LogP contribution in [0.4, 0.5) is 11.4 Å². The number of aryl methyl sites for hydroxylation is 1. The summed E-state index contributed by atoms with van der Waals surface area (Å²) >= 11 is 11.9. The number of esters is 1. The van der Waals surface area contributed by atoms with Gasteiger partial charge < -0.3 is 10.1 Å². The van der Waals surface area contributed by atoms with Gasteiger partial charge in [0.1, 0.15) is 6.54 Å². The summed E-state index contributed by atoms with van der Waals surface area (Å²) in [7, 11) is -3.74. The molecule has 0 aliphatic carbocycles. The van der Waals surface area contributed by atoms with Gasteiger partial charge in [-0.3, -0.25) is 9.10 Å². The zero-order valence-corrected chi connectivity index (χ0v) is 18.4. The molecule has 0 spiro atoms. The third kappa shape index (κ3) is 6.09. The summed E-state index contributed by atoms with van der Waals surface area (Å²) in [5, 5.41) is 3.20. The Hall–Kier alpha value is -2.29. The number of carbonyl (C=O) groups is 2. The van der Waals surface area contributed by atoms with Crippen LogP contribution in [-0.2, 0) is 19.6 Å². The molecule has 1 N–H and O–H groups in total. The Balaban J connectivity index is 2.25. The van der Waals surface area contributed by atoms with Crippen LogP contribution in [-0.4, -0.2) is 39.7 Å². The van der Waals surface area contributed by atoms with Gasteiger partial charge in [0, 0.05) is 10.7 Å². The second-order valence-corrected chi connectivity index (χ2v) is 8.91. The molecule has 0 aliphatic heterocycles. The van der Waals surface area contributed by atoms with Gasteiger partial charge in [0.05, 0.1) is 29.1 Å². The Labute approximate surface area is 179 Å². The van der Waals surface area contributed by atoms with Crippen LogP contribution in [0.3, 0.4) is 0 Å². The summed E-state index contributed by atoms with van der Waals surface area (Å²) in [6.45, 7) is 3.08. The highest BCUT2D eigenvalue weighted by molar-refractivity contribution is 7.92. The molecule has 0 fully saturated rings. The second-order valence-electron chi connectivity index (χ2n) is 6.16. The van der Waals surface area contributed by atoms with Crippen molar-refractivity contribution in [2.24, 2.45) is 0 Å². The molecule has 0 bridgehead atoms. The number of ether oxygens (including phenoxy) is 1. The van der Waals surface area contributed by atoms with Crippen molar-refractivity contribution >= 4 is 56.5 Å². The fourth-order valence-electron chi connectivity index (χ4n) is 2.58. The Morgan fingerprint density at radius 3 is 2.41 bits per heavy atom. The molecule has 7 nitrogen and oxygen atoms in total. The first-order valence-corrected chi connectivity index (χ1v) is 11.1. The Morgan fingerprint density at radius 1 is 1.14 bits per heavy atom. The van der Waals surface area contributed by atoms with Crippen LogP contribution in [0, 0.1) is 6.92 Å². The predicted molar refractivity (Wildman–Crippen MR) is 114 cm³/mol. The summed E-state index contributed by atoms with van der Waals surface area (Å²) in [6, 6.07) is 9.01. The summed E-state index contributed by atoms with van der Waals surface area (Å²) < 4.78 is 30.4. The summed E-state index contributed by atoms with van der Waals surface area (Å²) in [5.74, 6) is -1.22. The van der Waals surface area contributed by atoms with Crippen molar-refractivity contribution in [1.82, 2.24) is 0 Å². The Morgan fingerprint density at radius 2 is 1.83 bits per heavy atom. The summed E-state index contributed by atoms with van der Waals surface area (Å²) in [6.07, 6.45) is 1.01. The molecule has 0 radical (unpaired) electrons. The Bertz CT molecular complexity index is 1040. The lowest BCUT2D eigenvalue weighted by Crippen LogP contribution is -2.37. The SMILES string of the molecule is CCOC(=O)c1cc(NC(=O)CN(c2ccc(Cl)cc2C)S(C)(=O)=O)ccc1Cl. The number of nitrogens with one attached hydrogen (secondary N) is 1. The lowest BCUT2D eigenvalue weighted by atomic mass is 10.2. The Kier molecular flexibility index (Phi) is 7.51. The molecule has 156 valence electrons. The van der Waals surface area contributed by atoms with Crippen LogP contribution in [0.25, 0.3) is 0 Å². The zero-order valence-electron chi connectivity index (χ0n) is 16.0. The minimum atomic E-state index is -3.74. The first kappa shape index (κ1) is 23.0. The van der Waals surface area contributed by atoms with Crippen molar-refractivity contribution in [3.63, 3.8) is 0 Å². The van der Waals surface area contributed by atoms with E-state index in [4.69, 9.17) is 27.9 Å². The van der Waals surface area contributed by atoms with E-state index in [1.54, 1.807) is 26.0 Å². The molecule has 2 aromatic rings. The number of amides is 1.